The number of hydrogen-bond acceptors (Lipinski definition) is 8. The number of methoxy groups -OCH3 is 2. The highest BCUT2D eigenvalue weighted by Crippen LogP contribution is 2.63. The zero-order valence-electron chi connectivity index (χ0n) is 29.5. The Balaban J connectivity index is 1.85. The van der Waals surface area contributed by atoms with E-state index in [9.17, 15) is 10.2 Å². The Morgan fingerprint density at radius 3 is 1.75 bits per heavy atom. The summed E-state index contributed by atoms with van der Waals surface area (Å²) >= 11 is 2.51. The second-order valence-corrected chi connectivity index (χ2v) is 16.2. The van der Waals surface area contributed by atoms with E-state index in [1.165, 1.54) is 35.2 Å². The maximum absolute atomic E-state index is 9.39. The minimum Gasteiger partial charge on any atom is -0.394 e. The molecule has 2 N–H and O–H groups in total. The SMILES string of the molecule is COC1(c2ccc(C(C)(C)C)cc2)c2cc(SOCCO)ccc2-c2ccc(SOCCO)cc2C1(OC)C1C=CC(C(C)(C)C)=CC1. The predicted molar refractivity (Wildman–Crippen MR) is 196 cm³/mol. The zero-order chi connectivity index (χ0) is 34.7. The van der Waals surface area contributed by atoms with Gasteiger partial charge in [-0.05, 0) is 74.9 Å². The van der Waals surface area contributed by atoms with E-state index in [1.807, 2.05) is 0 Å². The molecule has 3 atom stereocenters. The monoisotopic (exact) mass is 690 g/mol. The number of aliphatic hydroxyl groups is 2. The third-order valence-electron chi connectivity index (χ3n) is 9.51. The molecule has 0 fully saturated rings. The fourth-order valence-corrected chi connectivity index (χ4v) is 8.37. The van der Waals surface area contributed by atoms with Crippen LogP contribution >= 0.6 is 24.1 Å². The molecule has 258 valence electrons. The Labute approximate surface area is 295 Å². The summed E-state index contributed by atoms with van der Waals surface area (Å²) in [7, 11) is 3.59. The molecule has 0 saturated carbocycles. The van der Waals surface area contributed by atoms with Crippen LogP contribution in [0.4, 0.5) is 0 Å². The summed E-state index contributed by atoms with van der Waals surface area (Å²) in [6.45, 7) is 13.7. The molecule has 8 heteroatoms. The van der Waals surface area contributed by atoms with E-state index < -0.39 is 11.2 Å². The van der Waals surface area contributed by atoms with E-state index in [0.717, 1.165) is 44.0 Å². The number of hydrogen-bond donors (Lipinski definition) is 2. The molecule has 2 aliphatic rings. The normalized spacial score (nSPS) is 22.3. The van der Waals surface area contributed by atoms with Gasteiger partial charge in [0.05, 0.1) is 26.4 Å². The van der Waals surface area contributed by atoms with Gasteiger partial charge in [0.1, 0.15) is 5.60 Å². The molecule has 2 aliphatic carbocycles. The van der Waals surface area contributed by atoms with Gasteiger partial charge in [-0.3, -0.25) is 0 Å². The molecule has 3 unspecified atom stereocenters. The maximum atomic E-state index is 9.39. The summed E-state index contributed by atoms with van der Waals surface area (Å²) in [4.78, 5) is 1.82. The van der Waals surface area contributed by atoms with Crippen molar-refractivity contribution in [3.63, 3.8) is 0 Å². The average molecular weight is 691 g/mol. The zero-order valence-corrected chi connectivity index (χ0v) is 31.1. The predicted octanol–water partition coefficient (Wildman–Crippen LogP) is 8.98. The van der Waals surface area contributed by atoms with Crippen LogP contribution in [-0.4, -0.2) is 50.9 Å². The van der Waals surface area contributed by atoms with Gasteiger partial charge in [-0.25, -0.2) is 0 Å². The van der Waals surface area contributed by atoms with E-state index in [2.05, 4.69) is 120 Å². The Bertz CT molecular complexity index is 1630. The summed E-state index contributed by atoms with van der Waals surface area (Å²) in [5.41, 5.74) is 5.48. The minimum atomic E-state index is -1.09. The summed E-state index contributed by atoms with van der Waals surface area (Å²) in [6, 6.07) is 21.5. The number of rotatable bonds is 12. The first-order valence-electron chi connectivity index (χ1n) is 16.6. The molecule has 0 aliphatic heterocycles. The number of fused-ring (bicyclic) bond motifs is 3. The van der Waals surface area contributed by atoms with Crippen LogP contribution in [0.2, 0.25) is 0 Å². The first-order valence-corrected chi connectivity index (χ1v) is 18.1. The lowest BCUT2D eigenvalue weighted by Crippen LogP contribution is -2.59. The largest absolute Gasteiger partial charge is 0.394 e. The van der Waals surface area contributed by atoms with Crippen LogP contribution in [0.5, 0.6) is 0 Å². The first-order chi connectivity index (χ1) is 22.9. The van der Waals surface area contributed by atoms with E-state index in [-0.39, 0.29) is 43.2 Å². The molecule has 48 heavy (non-hydrogen) atoms. The molecule has 3 aromatic rings. The van der Waals surface area contributed by atoms with Gasteiger partial charge in [-0.1, -0.05) is 96.2 Å². The summed E-state index contributed by atoms with van der Waals surface area (Å²) < 4.78 is 25.5. The lowest BCUT2D eigenvalue weighted by Gasteiger charge is -2.56. The molecular weight excluding hydrogens is 641 g/mol. The Morgan fingerprint density at radius 1 is 0.729 bits per heavy atom. The molecule has 0 amide bonds. The maximum Gasteiger partial charge on any atom is 0.152 e. The van der Waals surface area contributed by atoms with Crippen molar-refractivity contribution >= 4 is 24.1 Å². The van der Waals surface area contributed by atoms with Gasteiger partial charge in [0, 0.05) is 59.6 Å². The highest BCUT2D eigenvalue weighted by Gasteiger charge is 2.63. The van der Waals surface area contributed by atoms with E-state index >= 15 is 0 Å². The summed E-state index contributed by atoms with van der Waals surface area (Å²) in [5, 5.41) is 18.8. The van der Waals surface area contributed by atoms with Gasteiger partial charge in [-0.15, -0.1) is 0 Å². The van der Waals surface area contributed by atoms with E-state index in [1.54, 1.807) is 14.2 Å². The van der Waals surface area contributed by atoms with Gasteiger partial charge < -0.3 is 28.1 Å². The van der Waals surface area contributed by atoms with Crippen molar-refractivity contribution in [2.24, 2.45) is 11.3 Å². The highest BCUT2D eigenvalue weighted by molar-refractivity contribution is 7.94. The Kier molecular flexibility index (Phi) is 11.4. The summed E-state index contributed by atoms with van der Waals surface area (Å²) in [6.07, 6.45) is 7.66. The lowest BCUT2D eigenvalue weighted by molar-refractivity contribution is -0.199. The third kappa shape index (κ3) is 6.71. The van der Waals surface area contributed by atoms with Gasteiger partial charge in [0.25, 0.3) is 0 Å². The van der Waals surface area contributed by atoms with Gasteiger partial charge in [0.2, 0.25) is 0 Å². The fraction of sp³-hybridized carbons (Fsp3) is 0.450. The van der Waals surface area contributed by atoms with Crippen molar-refractivity contribution in [3.05, 3.63) is 107 Å². The topological polar surface area (TPSA) is 77.4 Å². The molecule has 6 nitrogen and oxygen atoms in total. The second-order valence-electron chi connectivity index (χ2n) is 14.4. The Morgan fingerprint density at radius 2 is 1.29 bits per heavy atom. The summed E-state index contributed by atoms with van der Waals surface area (Å²) in [5.74, 6) is -0.108. The quantitative estimate of drug-likeness (QED) is 0.144. The van der Waals surface area contributed by atoms with Crippen molar-refractivity contribution in [2.45, 2.75) is 74.4 Å². The number of allylic oxidation sites excluding steroid dienone is 3. The molecule has 3 aromatic carbocycles. The second kappa shape index (κ2) is 14.8. The molecule has 0 spiro atoms. The number of aliphatic hydroxyl groups excluding tert-OH is 2. The van der Waals surface area contributed by atoms with Crippen molar-refractivity contribution in [2.75, 3.05) is 40.6 Å². The van der Waals surface area contributed by atoms with E-state index in [0.29, 0.717) is 0 Å². The molecular formula is C40H50O6S2. The number of ether oxygens (including phenoxy) is 2. The van der Waals surface area contributed by atoms with Crippen molar-refractivity contribution < 1.29 is 28.1 Å². The average Bonchev–Trinajstić information content (AvgIpc) is 3.07. The van der Waals surface area contributed by atoms with Gasteiger partial charge in [0.15, 0.2) is 5.60 Å². The first kappa shape index (κ1) is 36.9. The van der Waals surface area contributed by atoms with Crippen LogP contribution in [-0.2, 0) is 34.5 Å². The number of benzene rings is 3. The van der Waals surface area contributed by atoms with Crippen LogP contribution in [0.25, 0.3) is 11.1 Å². The third-order valence-corrected chi connectivity index (χ3v) is 11.0. The molecule has 5 rings (SSSR count). The molecule has 0 radical (unpaired) electrons. The van der Waals surface area contributed by atoms with Crippen LogP contribution in [0, 0.1) is 11.3 Å². The highest BCUT2D eigenvalue weighted by atomic mass is 32.2. The Hall–Kier alpha value is -2.40. The molecule has 0 bridgehead atoms. The van der Waals surface area contributed by atoms with Crippen LogP contribution in [0.15, 0.2) is 94.3 Å². The van der Waals surface area contributed by atoms with E-state index in [4.69, 9.17) is 17.8 Å². The molecule has 0 saturated heterocycles. The molecule has 0 heterocycles. The lowest BCUT2D eigenvalue weighted by atomic mass is 9.56. The van der Waals surface area contributed by atoms with Crippen molar-refractivity contribution in [1.29, 1.82) is 0 Å². The van der Waals surface area contributed by atoms with Gasteiger partial charge in [-0.2, -0.15) is 0 Å². The smallest absolute Gasteiger partial charge is 0.152 e. The van der Waals surface area contributed by atoms with Crippen molar-refractivity contribution in [1.82, 2.24) is 0 Å². The standard InChI is InChI=1S/C40H50O6S2/c1-37(2,3)27-9-13-29(14-10-27)39(43-7)35-25-31(47-45-23-21-41)17-19-33(35)34-20-18-32(48-46-24-22-42)26-36(34)40(39,44-8)30-15-11-28(12-16-30)38(4,5)6/h9-15,17-20,25-26,30,41-42H,16,21-24H2,1-8H3. The fourth-order valence-electron chi connectivity index (χ4n) is 7.20. The minimum absolute atomic E-state index is 0.00839. The van der Waals surface area contributed by atoms with Crippen molar-refractivity contribution in [3.8, 4) is 11.1 Å². The van der Waals surface area contributed by atoms with Crippen LogP contribution in [0.1, 0.15) is 70.2 Å². The van der Waals surface area contributed by atoms with Gasteiger partial charge >= 0.3 is 0 Å². The van der Waals surface area contributed by atoms with Crippen LogP contribution in [0.3, 0.4) is 0 Å². The van der Waals surface area contributed by atoms with Crippen LogP contribution < -0.4 is 0 Å². The molecule has 0 aromatic heterocycles.